The molecule has 0 amide bonds. The minimum atomic E-state index is -0.863. The van der Waals surface area contributed by atoms with E-state index in [0.29, 0.717) is 0 Å². The van der Waals surface area contributed by atoms with Gasteiger partial charge in [0.1, 0.15) is 0 Å². The lowest BCUT2D eigenvalue weighted by atomic mass is 10.2. The number of aromatic amines is 1. The Morgan fingerprint density at radius 1 is 1.09 bits per heavy atom. The summed E-state index contributed by atoms with van der Waals surface area (Å²) >= 11 is 6.06. The van der Waals surface area contributed by atoms with Crippen LogP contribution in [0.4, 0.5) is 0 Å². The second kappa shape index (κ2) is 4.86. The third-order valence-electron chi connectivity index (χ3n) is 3.59. The van der Waals surface area contributed by atoms with Crippen molar-refractivity contribution < 1.29 is 0 Å². The van der Waals surface area contributed by atoms with Gasteiger partial charge in [-0.3, -0.25) is 0 Å². The Hall–Kier alpha value is -1.79. The smallest absolute Gasteiger partial charge is 0.251 e. The van der Waals surface area contributed by atoms with Crippen molar-refractivity contribution in [1.82, 2.24) is 9.97 Å². The molecule has 1 aliphatic rings. The molecule has 0 saturated heterocycles. The van der Waals surface area contributed by atoms with Crippen molar-refractivity contribution in [3.05, 3.63) is 58.2 Å². The van der Waals surface area contributed by atoms with Crippen molar-refractivity contribution in [1.29, 1.82) is 0 Å². The molecule has 0 radical (unpaired) electrons. The molecule has 2 heterocycles. The van der Waals surface area contributed by atoms with E-state index < -0.39 is 4.33 Å². The maximum Gasteiger partial charge on any atom is 0.251 e. The maximum atomic E-state index is 4.65. The Kier molecular flexibility index (Phi) is 3.06. The lowest BCUT2D eigenvalue weighted by Gasteiger charge is -2.12. The summed E-state index contributed by atoms with van der Waals surface area (Å²) in [6, 6.07) is 12.1. The van der Waals surface area contributed by atoms with E-state index in [9.17, 15) is 0 Å². The van der Waals surface area contributed by atoms with E-state index in [1.165, 1.54) is 17.3 Å². The molecule has 1 N–H and O–H groups in total. The Balaban J connectivity index is 1.75. The zero-order chi connectivity index (χ0) is 15.3. The molecular formula is C16H14N4S2. The van der Waals surface area contributed by atoms with Crippen LogP contribution in [0.3, 0.4) is 0 Å². The van der Waals surface area contributed by atoms with Gasteiger partial charge < -0.3 is 4.98 Å². The lowest BCUT2D eigenvalue weighted by Crippen LogP contribution is -2.20. The summed E-state index contributed by atoms with van der Waals surface area (Å²) in [6.07, 6.45) is 0. The summed E-state index contributed by atoms with van der Waals surface area (Å²) in [6.45, 7) is 4.10. The Morgan fingerprint density at radius 2 is 1.91 bits per heavy atom. The molecule has 2 aromatic carbocycles. The average Bonchev–Trinajstić information content (AvgIpc) is 2.99. The molecule has 4 nitrogen and oxygen atoms in total. The Bertz CT molecular complexity index is 1010. The van der Waals surface area contributed by atoms with Gasteiger partial charge in [0.05, 0.1) is 21.7 Å². The van der Waals surface area contributed by atoms with Crippen molar-refractivity contribution in [2.45, 2.75) is 23.3 Å². The highest BCUT2D eigenvalue weighted by atomic mass is 32.2. The number of benzene rings is 2. The van der Waals surface area contributed by atoms with Crippen LogP contribution in [0.1, 0.15) is 11.1 Å². The van der Waals surface area contributed by atoms with E-state index in [2.05, 4.69) is 45.6 Å². The fourth-order valence-electron chi connectivity index (χ4n) is 2.53. The second-order valence-corrected chi connectivity index (χ2v) is 7.49. The van der Waals surface area contributed by atoms with E-state index in [1.807, 2.05) is 37.3 Å². The third-order valence-corrected chi connectivity index (χ3v) is 4.91. The standard InChI is InChI=1S/C16H14N4S2/c1-9-6-7-11-13(8-9)20-16(21,19-11)22-15-17-12-5-3-4-10(2)14(12)18-15/h3-8,21H,1-2H3,(H,17,18). The van der Waals surface area contributed by atoms with Crippen molar-refractivity contribution >= 4 is 35.4 Å². The normalized spacial score (nSPS) is 19.8. The molecule has 1 aliphatic heterocycles. The molecule has 110 valence electrons. The highest BCUT2D eigenvalue weighted by Crippen LogP contribution is 2.38. The fourth-order valence-corrected chi connectivity index (χ4v) is 3.85. The van der Waals surface area contributed by atoms with Gasteiger partial charge in [0.2, 0.25) is 0 Å². The topological polar surface area (TPSA) is 53.4 Å². The second-order valence-electron chi connectivity index (χ2n) is 5.40. The van der Waals surface area contributed by atoms with Gasteiger partial charge in [0.25, 0.3) is 4.33 Å². The number of hydrogen-bond acceptors (Lipinski definition) is 5. The zero-order valence-corrected chi connectivity index (χ0v) is 13.9. The van der Waals surface area contributed by atoms with Gasteiger partial charge >= 0.3 is 0 Å². The molecule has 1 aromatic heterocycles. The SMILES string of the molecule is Cc1ccc2c(c1)=NC(S)(Sc1nc3c(C)cccc3[nH]1)N=2. The van der Waals surface area contributed by atoms with Crippen LogP contribution in [0.25, 0.3) is 11.0 Å². The number of nitrogens with one attached hydrogen (secondary N) is 1. The predicted octanol–water partition coefficient (Wildman–Crippen LogP) is 2.77. The Morgan fingerprint density at radius 3 is 2.73 bits per heavy atom. The molecule has 4 rings (SSSR count). The molecule has 0 saturated carbocycles. The van der Waals surface area contributed by atoms with Crippen molar-refractivity contribution in [2.24, 2.45) is 9.98 Å². The third kappa shape index (κ3) is 2.32. The van der Waals surface area contributed by atoms with Gasteiger partial charge in [-0.2, -0.15) is 0 Å². The van der Waals surface area contributed by atoms with Crippen molar-refractivity contribution in [2.75, 3.05) is 0 Å². The largest absolute Gasteiger partial charge is 0.333 e. The molecule has 0 fully saturated rings. The van der Waals surface area contributed by atoms with Crippen LogP contribution in [0.2, 0.25) is 0 Å². The number of fused-ring (bicyclic) bond motifs is 2. The van der Waals surface area contributed by atoms with E-state index in [-0.39, 0.29) is 0 Å². The quantitative estimate of drug-likeness (QED) is 0.562. The fraction of sp³-hybridized carbons (Fsp3) is 0.188. The number of H-pyrrole nitrogens is 1. The average molecular weight is 326 g/mol. The van der Waals surface area contributed by atoms with Crippen LogP contribution in [-0.2, 0) is 0 Å². The number of para-hydroxylation sites is 1. The maximum absolute atomic E-state index is 4.65. The lowest BCUT2D eigenvalue weighted by molar-refractivity contribution is 0.900. The molecule has 0 bridgehead atoms. The number of aryl methyl sites for hydroxylation is 2. The summed E-state index contributed by atoms with van der Waals surface area (Å²) in [4.78, 5) is 17.2. The molecule has 22 heavy (non-hydrogen) atoms. The van der Waals surface area contributed by atoms with Gasteiger partial charge in [-0.05, 0) is 54.9 Å². The van der Waals surface area contributed by atoms with E-state index in [1.54, 1.807) is 0 Å². The highest BCUT2D eigenvalue weighted by molar-refractivity contribution is 8.11. The number of rotatable bonds is 2. The molecular weight excluding hydrogens is 312 g/mol. The first-order valence-electron chi connectivity index (χ1n) is 6.96. The van der Waals surface area contributed by atoms with Crippen molar-refractivity contribution in [3.8, 4) is 0 Å². The van der Waals surface area contributed by atoms with Crippen LogP contribution < -0.4 is 10.7 Å². The minimum absolute atomic E-state index is 0.774. The van der Waals surface area contributed by atoms with Crippen molar-refractivity contribution in [3.63, 3.8) is 0 Å². The van der Waals surface area contributed by atoms with E-state index in [0.717, 1.165) is 32.5 Å². The highest BCUT2D eigenvalue weighted by Gasteiger charge is 2.29. The first-order valence-corrected chi connectivity index (χ1v) is 8.22. The summed E-state index contributed by atoms with van der Waals surface area (Å²) in [7, 11) is 0. The molecule has 0 spiro atoms. The van der Waals surface area contributed by atoms with Gasteiger partial charge in [0, 0.05) is 0 Å². The molecule has 1 atom stereocenters. The minimum Gasteiger partial charge on any atom is -0.333 e. The van der Waals surface area contributed by atoms with Crippen LogP contribution in [-0.4, -0.2) is 14.3 Å². The predicted molar refractivity (Wildman–Crippen MR) is 91.9 cm³/mol. The number of aromatic nitrogens is 2. The monoisotopic (exact) mass is 326 g/mol. The van der Waals surface area contributed by atoms with E-state index >= 15 is 0 Å². The summed E-state index contributed by atoms with van der Waals surface area (Å²) < 4.78 is -0.863. The van der Waals surface area contributed by atoms with Crippen LogP contribution in [0.5, 0.6) is 0 Å². The zero-order valence-electron chi connectivity index (χ0n) is 12.2. The van der Waals surface area contributed by atoms with E-state index in [4.69, 9.17) is 0 Å². The molecule has 1 unspecified atom stereocenters. The number of imidazole rings is 1. The van der Waals surface area contributed by atoms with Gasteiger partial charge in [-0.1, -0.05) is 18.2 Å². The van der Waals surface area contributed by atoms with Crippen LogP contribution >= 0.6 is 24.4 Å². The molecule has 3 aromatic rings. The molecule has 6 heteroatoms. The first-order chi connectivity index (χ1) is 10.5. The molecule has 0 aliphatic carbocycles. The number of thioether (sulfide) groups is 1. The Labute approximate surface area is 137 Å². The summed E-state index contributed by atoms with van der Waals surface area (Å²) in [5.41, 5.74) is 4.31. The number of thiol groups is 1. The first kappa shape index (κ1) is 13.8. The van der Waals surface area contributed by atoms with Crippen LogP contribution in [0, 0.1) is 13.8 Å². The number of nitrogens with zero attached hydrogens (tertiary/aromatic N) is 3. The number of hydrogen-bond donors (Lipinski definition) is 2. The van der Waals surface area contributed by atoms with Gasteiger partial charge in [-0.25, -0.2) is 15.0 Å². The summed E-state index contributed by atoms with van der Waals surface area (Å²) in [5, 5.41) is 2.53. The summed E-state index contributed by atoms with van der Waals surface area (Å²) in [5.74, 6) is 0. The van der Waals surface area contributed by atoms with Crippen LogP contribution in [0.15, 0.2) is 51.5 Å². The van der Waals surface area contributed by atoms with Gasteiger partial charge in [0.15, 0.2) is 5.16 Å². The van der Waals surface area contributed by atoms with Gasteiger partial charge in [-0.15, -0.1) is 12.6 Å².